The van der Waals surface area contributed by atoms with Crippen molar-refractivity contribution >= 4 is 28.6 Å². The maximum atomic E-state index is 13.8. The van der Waals surface area contributed by atoms with Crippen molar-refractivity contribution in [3.05, 3.63) is 58.8 Å². The highest BCUT2D eigenvalue weighted by atomic mass is 127. The van der Waals surface area contributed by atoms with E-state index in [1.54, 1.807) is 12.2 Å². The largest absolute Gasteiger partial charge is 0.493 e. The van der Waals surface area contributed by atoms with E-state index < -0.39 is 35.5 Å². The van der Waals surface area contributed by atoms with Gasteiger partial charge in [0, 0.05) is 18.1 Å². The van der Waals surface area contributed by atoms with Crippen molar-refractivity contribution in [1.29, 1.82) is 0 Å². The molecule has 0 unspecified atom stereocenters. The molecule has 0 amide bonds. The summed E-state index contributed by atoms with van der Waals surface area (Å²) in [5.41, 5.74) is -1.14. The van der Waals surface area contributed by atoms with Crippen LogP contribution in [0, 0.1) is 11.7 Å². The summed E-state index contributed by atoms with van der Waals surface area (Å²) in [7, 11) is 0. The normalized spacial score (nSPS) is 24.7. The first-order valence-corrected chi connectivity index (χ1v) is 9.34. The fraction of sp³-hybridized carbons (Fsp3) is 0.389. The van der Waals surface area contributed by atoms with Crippen molar-refractivity contribution in [2.45, 2.75) is 35.7 Å². The number of allylic oxidation sites excluding steroid dienone is 3. The average Bonchev–Trinajstić information content (AvgIpc) is 3.23. The van der Waals surface area contributed by atoms with Gasteiger partial charge in [0.25, 0.3) is 0 Å². The minimum Gasteiger partial charge on any atom is -0.493 e. The van der Waals surface area contributed by atoms with Crippen LogP contribution in [-0.2, 0) is 27.1 Å². The molecule has 0 radical (unpaired) electrons. The van der Waals surface area contributed by atoms with Crippen LogP contribution in [0.5, 0.6) is 0 Å². The van der Waals surface area contributed by atoms with E-state index >= 15 is 0 Å². The van der Waals surface area contributed by atoms with Gasteiger partial charge < -0.3 is 14.6 Å². The summed E-state index contributed by atoms with van der Waals surface area (Å²) < 4.78 is 63.0. The van der Waals surface area contributed by atoms with E-state index in [0.717, 1.165) is 12.1 Å². The van der Waals surface area contributed by atoms with Gasteiger partial charge in [-0.05, 0) is 30.7 Å². The van der Waals surface area contributed by atoms with E-state index in [1.165, 1.54) is 0 Å². The minimum absolute atomic E-state index is 0.115. The molecule has 2 aliphatic carbocycles. The highest BCUT2D eigenvalue weighted by Crippen LogP contribution is 2.44. The van der Waals surface area contributed by atoms with Crippen molar-refractivity contribution in [3.63, 3.8) is 0 Å². The molecule has 9 heteroatoms. The summed E-state index contributed by atoms with van der Waals surface area (Å²) >= 11 is 2.02. The average molecular weight is 498 g/mol. The summed E-state index contributed by atoms with van der Waals surface area (Å²) in [5, 5.41) is 9.04. The van der Waals surface area contributed by atoms with Gasteiger partial charge >= 0.3 is 12.1 Å². The fourth-order valence-corrected chi connectivity index (χ4v) is 3.77. The van der Waals surface area contributed by atoms with Gasteiger partial charge in [-0.25, -0.2) is 4.39 Å². The quantitative estimate of drug-likeness (QED) is 0.347. The van der Waals surface area contributed by atoms with Gasteiger partial charge in [-0.3, -0.25) is 4.79 Å². The van der Waals surface area contributed by atoms with E-state index in [4.69, 9.17) is 14.6 Å². The zero-order chi connectivity index (χ0) is 19.8. The molecule has 3 atom stereocenters. The maximum absolute atomic E-state index is 13.8. The van der Waals surface area contributed by atoms with Crippen LogP contribution in [0.1, 0.15) is 24.0 Å². The monoisotopic (exact) mass is 498 g/mol. The van der Waals surface area contributed by atoms with Gasteiger partial charge in [-0.2, -0.15) is 13.2 Å². The Labute approximate surface area is 166 Å². The molecular weight excluding hydrogens is 483 g/mol. The number of halogens is 5. The molecule has 1 aromatic carbocycles. The zero-order valence-corrected chi connectivity index (χ0v) is 16.0. The van der Waals surface area contributed by atoms with Crippen LogP contribution >= 0.6 is 22.6 Å². The number of alkyl halides is 4. The van der Waals surface area contributed by atoms with Crippen molar-refractivity contribution in [3.8, 4) is 0 Å². The Hall–Kier alpha value is -1.78. The SMILES string of the molecule is O=C(O)[C@@H]1[C@@H](I)[C@H]1OC1=CC(OCc2cc(C(F)(F)F)ccc2F)=CCC1. The molecule has 0 spiro atoms. The Balaban J connectivity index is 1.62. The predicted octanol–water partition coefficient (Wildman–Crippen LogP) is 4.83. The van der Waals surface area contributed by atoms with Crippen LogP contribution < -0.4 is 0 Å². The van der Waals surface area contributed by atoms with Gasteiger partial charge in [0.05, 0.1) is 9.49 Å². The lowest BCUT2D eigenvalue weighted by Gasteiger charge is -2.16. The van der Waals surface area contributed by atoms with Crippen LogP contribution in [-0.4, -0.2) is 21.1 Å². The second-order valence-corrected chi connectivity index (χ2v) is 7.68. The van der Waals surface area contributed by atoms with Crippen molar-refractivity contribution in [2.75, 3.05) is 0 Å². The summed E-state index contributed by atoms with van der Waals surface area (Å²) in [6.07, 6.45) is -0.542. The lowest BCUT2D eigenvalue weighted by Crippen LogP contribution is -2.08. The van der Waals surface area contributed by atoms with Crippen LogP contribution in [0.4, 0.5) is 17.6 Å². The first-order chi connectivity index (χ1) is 12.7. The predicted molar refractivity (Wildman–Crippen MR) is 95.4 cm³/mol. The summed E-state index contributed by atoms with van der Waals surface area (Å²) in [5.74, 6) is -1.35. The summed E-state index contributed by atoms with van der Waals surface area (Å²) in [6, 6.07) is 2.17. The Morgan fingerprint density at radius 1 is 1.33 bits per heavy atom. The van der Waals surface area contributed by atoms with Crippen LogP contribution in [0.15, 0.2) is 41.9 Å². The number of carboxylic acid groups (broad SMARTS) is 1. The Kier molecular flexibility index (Phi) is 5.68. The van der Waals surface area contributed by atoms with Gasteiger partial charge in [0.2, 0.25) is 0 Å². The number of aliphatic carboxylic acids is 1. The molecule has 1 saturated carbocycles. The van der Waals surface area contributed by atoms with Crippen molar-refractivity contribution in [1.82, 2.24) is 0 Å². The highest BCUT2D eigenvalue weighted by Gasteiger charge is 2.56. The summed E-state index contributed by atoms with van der Waals surface area (Å²) in [6.45, 7) is -0.360. The number of carboxylic acids is 1. The number of hydrogen-bond acceptors (Lipinski definition) is 3. The van der Waals surface area contributed by atoms with E-state index in [0.29, 0.717) is 30.4 Å². The first-order valence-electron chi connectivity index (χ1n) is 8.09. The summed E-state index contributed by atoms with van der Waals surface area (Å²) in [4.78, 5) is 11.0. The topological polar surface area (TPSA) is 55.8 Å². The Morgan fingerprint density at radius 2 is 2.07 bits per heavy atom. The molecule has 4 nitrogen and oxygen atoms in total. The van der Waals surface area contributed by atoms with Crippen LogP contribution in [0.25, 0.3) is 0 Å². The lowest BCUT2D eigenvalue weighted by atomic mass is 10.1. The van der Waals surface area contributed by atoms with E-state index in [9.17, 15) is 22.4 Å². The smallest absolute Gasteiger partial charge is 0.416 e. The molecule has 2 aliphatic rings. The Morgan fingerprint density at radius 3 is 2.70 bits per heavy atom. The van der Waals surface area contributed by atoms with Crippen LogP contribution in [0.3, 0.4) is 0 Å². The first kappa shape index (κ1) is 20.0. The third-order valence-corrected chi connectivity index (χ3v) is 5.73. The molecule has 1 N–H and O–H groups in total. The highest BCUT2D eigenvalue weighted by molar-refractivity contribution is 14.1. The van der Waals surface area contributed by atoms with E-state index in [-0.39, 0.29) is 16.1 Å². The van der Waals surface area contributed by atoms with Gasteiger partial charge in [0.1, 0.15) is 36.0 Å². The molecule has 0 heterocycles. The zero-order valence-electron chi connectivity index (χ0n) is 13.8. The molecule has 0 bridgehead atoms. The Bertz CT molecular complexity index is 803. The molecule has 1 fully saturated rings. The van der Waals surface area contributed by atoms with Gasteiger partial charge in [0.15, 0.2) is 0 Å². The minimum atomic E-state index is -4.56. The second kappa shape index (κ2) is 7.69. The number of ether oxygens (including phenoxy) is 2. The van der Waals surface area contributed by atoms with E-state index in [1.807, 2.05) is 22.6 Å². The lowest BCUT2D eigenvalue weighted by molar-refractivity contribution is -0.139. The standard InChI is InChI=1S/C18H15F4IO4/c19-13-5-4-10(18(20,21)22)6-9(13)8-26-11-2-1-3-12(7-11)27-16-14(15(16)23)17(24)25/h2,4-7,14-16H,1,3,8H2,(H,24,25)/t14-,15-,16+/m1/s1. The van der Waals surface area contributed by atoms with E-state index in [2.05, 4.69) is 0 Å². The number of hydrogen-bond donors (Lipinski definition) is 1. The molecule has 0 aliphatic heterocycles. The number of carbonyl (C=O) groups is 1. The van der Waals surface area contributed by atoms with Gasteiger partial charge in [-0.15, -0.1) is 0 Å². The fourth-order valence-electron chi connectivity index (χ4n) is 2.70. The molecule has 1 aromatic rings. The third kappa shape index (κ3) is 4.74. The van der Waals surface area contributed by atoms with Crippen LogP contribution in [0.2, 0.25) is 0 Å². The molecule has 27 heavy (non-hydrogen) atoms. The molecule has 0 saturated heterocycles. The molecule has 0 aromatic heterocycles. The number of benzene rings is 1. The molecule has 146 valence electrons. The number of rotatable bonds is 6. The third-order valence-electron chi connectivity index (χ3n) is 4.25. The van der Waals surface area contributed by atoms with Gasteiger partial charge in [-0.1, -0.05) is 22.6 Å². The molecule has 3 rings (SSSR count). The van der Waals surface area contributed by atoms with Crippen molar-refractivity contribution in [2.24, 2.45) is 5.92 Å². The molecular formula is C18H15F4IO4. The maximum Gasteiger partial charge on any atom is 0.416 e. The second-order valence-electron chi connectivity index (χ2n) is 6.24. The van der Waals surface area contributed by atoms with Crippen molar-refractivity contribution < 1.29 is 36.9 Å².